The Morgan fingerprint density at radius 2 is 2.12 bits per heavy atom. The standard InChI is InChI=1S/C21H24N2O2/c1-21-12-6-5-9-17(21)19(21)20(24)23-22-13-16-15-8-4-3-7-14(15)10-11-18(16)25-2/h3-4,7-8,10-11,13,17,19H,5-6,9,12H2,1-2H3,(H,23,24)/b22-13+/t17-,19+,21+/m1/s1. The lowest BCUT2D eigenvalue weighted by Crippen LogP contribution is -2.22. The van der Waals surface area contributed by atoms with Crippen molar-refractivity contribution in [3.05, 3.63) is 42.0 Å². The quantitative estimate of drug-likeness (QED) is 0.674. The largest absolute Gasteiger partial charge is 0.496 e. The van der Waals surface area contributed by atoms with Crippen molar-refractivity contribution in [2.24, 2.45) is 22.4 Å². The molecule has 2 aliphatic carbocycles. The van der Waals surface area contributed by atoms with E-state index in [1.807, 2.05) is 30.3 Å². The molecule has 1 amide bonds. The van der Waals surface area contributed by atoms with Gasteiger partial charge >= 0.3 is 0 Å². The number of hydrazone groups is 1. The highest BCUT2D eigenvalue weighted by atomic mass is 16.5. The molecule has 4 nitrogen and oxygen atoms in total. The minimum absolute atomic E-state index is 0.0600. The van der Waals surface area contributed by atoms with E-state index >= 15 is 0 Å². The van der Waals surface area contributed by atoms with Crippen molar-refractivity contribution in [1.29, 1.82) is 0 Å². The molecule has 0 radical (unpaired) electrons. The number of fused-ring (bicyclic) bond motifs is 2. The summed E-state index contributed by atoms with van der Waals surface area (Å²) in [5.74, 6) is 1.48. The van der Waals surface area contributed by atoms with E-state index in [-0.39, 0.29) is 17.2 Å². The third kappa shape index (κ3) is 2.70. The maximum atomic E-state index is 12.5. The van der Waals surface area contributed by atoms with Gasteiger partial charge in [0.2, 0.25) is 5.91 Å². The number of amides is 1. The van der Waals surface area contributed by atoms with E-state index in [9.17, 15) is 4.79 Å². The van der Waals surface area contributed by atoms with Crippen LogP contribution in [0.5, 0.6) is 5.75 Å². The van der Waals surface area contributed by atoms with Crippen LogP contribution in [-0.2, 0) is 4.79 Å². The first kappa shape index (κ1) is 16.1. The van der Waals surface area contributed by atoms with Crippen LogP contribution in [0.4, 0.5) is 0 Å². The van der Waals surface area contributed by atoms with Gasteiger partial charge in [-0.2, -0.15) is 5.10 Å². The highest BCUT2D eigenvalue weighted by molar-refractivity contribution is 6.02. The van der Waals surface area contributed by atoms with E-state index in [1.54, 1.807) is 13.3 Å². The molecule has 0 saturated heterocycles. The Balaban J connectivity index is 1.53. The molecule has 0 aliphatic heterocycles. The smallest absolute Gasteiger partial charge is 0.244 e. The van der Waals surface area contributed by atoms with Gasteiger partial charge in [-0.1, -0.05) is 50.1 Å². The summed E-state index contributed by atoms with van der Waals surface area (Å²) in [6.07, 6.45) is 6.53. The summed E-state index contributed by atoms with van der Waals surface area (Å²) in [7, 11) is 1.65. The molecule has 1 N–H and O–H groups in total. The molecule has 2 saturated carbocycles. The number of benzene rings is 2. The van der Waals surface area contributed by atoms with Gasteiger partial charge in [0.1, 0.15) is 5.75 Å². The molecule has 2 aromatic carbocycles. The lowest BCUT2D eigenvalue weighted by atomic mass is 9.90. The lowest BCUT2D eigenvalue weighted by Gasteiger charge is -2.15. The highest BCUT2D eigenvalue weighted by Gasteiger charge is 2.64. The fraction of sp³-hybridized carbons (Fsp3) is 0.429. The van der Waals surface area contributed by atoms with Crippen molar-refractivity contribution in [1.82, 2.24) is 5.43 Å². The Kier molecular flexibility index (Phi) is 3.98. The molecule has 130 valence electrons. The van der Waals surface area contributed by atoms with Crippen molar-refractivity contribution in [3.63, 3.8) is 0 Å². The minimum Gasteiger partial charge on any atom is -0.496 e. The van der Waals surface area contributed by atoms with Crippen molar-refractivity contribution in [2.75, 3.05) is 7.11 Å². The molecule has 0 spiro atoms. The SMILES string of the molecule is COc1ccc2ccccc2c1/C=N/NC(=O)[C@@H]1[C@H]2CCCC[C@@]21C. The summed E-state index contributed by atoms with van der Waals surface area (Å²) < 4.78 is 5.46. The minimum atomic E-state index is 0.0600. The number of carbonyl (C=O) groups is 1. The normalized spacial score (nSPS) is 27.9. The topological polar surface area (TPSA) is 50.7 Å². The fourth-order valence-corrected chi connectivity index (χ4v) is 4.67. The van der Waals surface area contributed by atoms with E-state index in [2.05, 4.69) is 23.5 Å². The van der Waals surface area contributed by atoms with Gasteiger partial charge in [0.05, 0.1) is 13.3 Å². The molecule has 3 atom stereocenters. The first-order chi connectivity index (χ1) is 12.1. The molecule has 25 heavy (non-hydrogen) atoms. The second-order valence-corrected chi connectivity index (χ2v) is 7.47. The zero-order chi connectivity index (χ0) is 17.4. The van der Waals surface area contributed by atoms with Gasteiger partial charge in [-0.15, -0.1) is 0 Å². The van der Waals surface area contributed by atoms with E-state index in [1.165, 1.54) is 19.3 Å². The van der Waals surface area contributed by atoms with Crippen LogP contribution in [0.2, 0.25) is 0 Å². The average Bonchev–Trinajstić information content (AvgIpc) is 3.27. The number of hydrogen-bond donors (Lipinski definition) is 1. The predicted octanol–water partition coefficient (Wildman–Crippen LogP) is 4.12. The van der Waals surface area contributed by atoms with E-state index < -0.39 is 0 Å². The number of carbonyl (C=O) groups excluding carboxylic acids is 1. The Morgan fingerprint density at radius 3 is 2.88 bits per heavy atom. The number of rotatable bonds is 4. The van der Waals surface area contributed by atoms with Gasteiger partial charge in [-0.25, -0.2) is 5.43 Å². The highest BCUT2D eigenvalue weighted by Crippen LogP contribution is 2.66. The zero-order valence-corrected chi connectivity index (χ0v) is 14.8. The Bertz CT molecular complexity index is 845. The maximum absolute atomic E-state index is 12.5. The summed E-state index contributed by atoms with van der Waals surface area (Å²) in [4.78, 5) is 12.5. The van der Waals surface area contributed by atoms with Crippen LogP contribution in [-0.4, -0.2) is 19.2 Å². The van der Waals surface area contributed by atoms with Crippen LogP contribution < -0.4 is 10.2 Å². The van der Waals surface area contributed by atoms with Crippen molar-refractivity contribution >= 4 is 22.9 Å². The van der Waals surface area contributed by atoms with Crippen LogP contribution in [0, 0.1) is 17.3 Å². The van der Waals surface area contributed by atoms with E-state index in [0.29, 0.717) is 5.92 Å². The number of nitrogens with zero attached hydrogens (tertiary/aromatic N) is 1. The molecule has 2 aromatic rings. The molecule has 0 aromatic heterocycles. The number of ether oxygens (including phenoxy) is 1. The molecule has 0 heterocycles. The van der Waals surface area contributed by atoms with Crippen LogP contribution in [0.25, 0.3) is 10.8 Å². The fourth-order valence-electron chi connectivity index (χ4n) is 4.67. The summed E-state index contributed by atoms with van der Waals surface area (Å²) >= 11 is 0. The third-order valence-electron chi connectivity index (χ3n) is 6.13. The molecule has 4 heteroatoms. The van der Waals surface area contributed by atoms with Gasteiger partial charge < -0.3 is 4.74 Å². The molecule has 2 aliphatic rings. The lowest BCUT2D eigenvalue weighted by molar-refractivity contribution is -0.123. The van der Waals surface area contributed by atoms with E-state index in [0.717, 1.165) is 28.5 Å². The summed E-state index contributed by atoms with van der Waals surface area (Å²) in [5, 5.41) is 6.43. The summed E-state index contributed by atoms with van der Waals surface area (Å²) in [6.45, 7) is 2.25. The molecule has 2 fully saturated rings. The summed E-state index contributed by atoms with van der Waals surface area (Å²) in [5.41, 5.74) is 3.86. The van der Waals surface area contributed by atoms with Crippen LogP contribution >= 0.6 is 0 Å². The first-order valence-corrected chi connectivity index (χ1v) is 9.04. The van der Waals surface area contributed by atoms with Crippen LogP contribution in [0.3, 0.4) is 0 Å². The van der Waals surface area contributed by atoms with Crippen molar-refractivity contribution in [2.45, 2.75) is 32.6 Å². The molecule has 4 rings (SSSR count). The molecule has 0 unspecified atom stereocenters. The second kappa shape index (κ2) is 6.17. The zero-order valence-electron chi connectivity index (χ0n) is 14.8. The van der Waals surface area contributed by atoms with Crippen LogP contribution in [0.1, 0.15) is 38.2 Å². The average molecular weight is 336 g/mol. The van der Waals surface area contributed by atoms with E-state index in [4.69, 9.17) is 4.74 Å². The summed E-state index contributed by atoms with van der Waals surface area (Å²) in [6, 6.07) is 12.1. The van der Waals surface area contributed by atoms with Gasteiger partial charge in [0.15, 0.2) is 0 Å². The Morgan fingerprint density at radius 1 is 1.28 bits per heavy atom. The number of methoxy groups -OCH3 is 1. The number of hydrogen-bond acceptors (Lipinski definition) is 3. The van der Waals surface area contributed by atoms with Gasteiger partial charge in [0, 0.05) is 11.5 Å². The van der Waals surface area contributed by atoms with Gasteiger partial charge in [-0.3, -0.25) is 4.79 Å². The number of nitrogens with one attached hydrogen (secondary N) is 1. The van der Waals surface area contributed by atoms with Crippen LogP contribution in [0.15, 0.2) is 41.5 Å². The van der Waals surface area contributed by atoms with Gasteiger partial charge in [0.25, 0.3) is 0 Å². The molecular formula is C21H24N2O2. The second-order valence-electron chi connectivity index (χ2n) is 7.47. The van der Waals surface area contributed by atoms with Gasteiger partial charge in [-0.05, 0) is 41.0 Å². The Labute approximate surface area is 148 Å². The third-order valence-corrected chi connectivity index (χ3v) is 6.13. The molecular weight excluding hydrogens is 312 g/mol. The Hall–Kier alpha value is -2.36. The van der Waals surface area contributed by atoms with Crippen molar-refractivity contribution in [3.8, 4) is 5.75 Å². The maximum Gasteiger partial charge on any atom is 0.244 e. The molecule has 0 bridgehead atoms. The monoisotopic (exact) mass is 336 g/mol. The van der Waals surface area contributed by atoms with Crippen molar-refractivity contribution < 1.29 is 9.53 Å². The predicted molar refractivity (Wildman–Crippen MR) is 99.8 cm³/mol. The first-order valence-electron chi connectivity index (χ1n) is 9.04.